The third kappa shape index (κ3) is 4.76. The molecule has 0 bridgehead atoms. The van der Waals surface area contributed by atoms with Crippen molar-refractivity contribution in [3.05, 3.63) is 95.3 Å². The molecule has 6 rings (SSSR count). The van der Waals surface area contributed by atoms with Gasteiger partial charge in [0.05, 0.1) is 28.8 Å². The molecule has 0 aliphatic carbocycles. The fraction of sp³-hybridized carbons (Fsp3) is 0.161. The molecule has 1 saturated heterocycles. The number of nitrogens with zero attached hydrogens (tertiary/aromatic N) is 3. The molecule has 4 N–H and O–H groups in total. The van der Waals surface area contributed by atoms with E-state index in [0.29, 0.717) is 27.9 Å². The van der Waals surface area contributed by atoms with Gasteiger partial charge in [0.25, 0.3) is 5.91 Å². The molecule has 218 valence electrons. The summed E-state index contributed by atoms with van der Waals surface area (Å²) in [7, 11) is 0. The average Bonchev–Trinajstić information content (AvgIpc) is 3.64. The Bertz CT molecular complexity index is 1950. The van der Waals surface area contributed by atoms with Crippen molar-refractivity contribution in [2.45, 2.75) is 26.8 Å². The second-order valence-corrected chi connectivity index (χ2v) is 10.6. The number of carbonyl (C=O) groups excluding carboxylic acids is 3. The number of aromatic amines is 1. The van der Waals surface area contributed by atoms with Crippen LogP contribution in [-0.2, 0) is 4.79 Å². The van der Waals surface area contributed by atoms with E-state index in [4.69, 9.17) is 10.5 Å². The summed E-state index contributed by atoms with van der Waals surface area (Å²) >= 11 is 0. The van der Waals surface area contributed by atoms with Gasteiger partial charge >= 0.3 is 6.03 Å². The van der Waals surface area contributed by atoms with E-state index in [1.807, 2.05) is 0 Å². The quantitative estimate of drug-likeness (QED) is 0.168. The zero-order valence-electron chi connectivity index (χ0n) is 23.3. The Morgan fingerprint density at radius 3 is 2.49 bits per heavy atom. The molecule has 0 spiro atoms. The van der Waals surface area contributed by atoms with Crippen molar-refractivity contribution in [3.63, 3.8) is 0 Å². The number of ether oxygens (including phenoxy) is 1. The molecule has 1 unspecified atom stereocenters. The van der Waals surface area contributed by atoms with E-state index in [-0.39, 0.29) is 34.4 Å². The molecule has 3 aromatic carbocycles. The number of rotatable bonds is 7. The van der Waals surface area contributed by atoms with Crippen molar-refractivity contribution in [2.24, 2.45) is 5.92 Å². The number of amides is 3. The van der Waals surface area contributed by atoms with Gasteiger partial charge in [-0.25, -0.2) is 23.2 Å². The summed E-state index contributed by atoms with van der Waals surface area (Å²) in [5.41, 5.74) is 7.98. The highest BCUT2D eigenvalue weighted by atomic mass is 19.1. The van der Waals surface area contributed by atoms with Gasteiger partial charge in [-0.15, -0.1) is 0 Å². The first-order valence-electron chi connectivity index (χ1n) is 13.4. The predicted octanol–water partition coefficient (Wildman–Crippen LogP) is 5.63. The minimum absolute atomic E-state index is 0.0699. The number of nitrogen functional groups attached to an aromatic ring is 1. The molecule has 1 atom stereocenters. The summed E-state index contributed by atoms with van der Waals surface area (Å²) in [4.78, 5) is 42.5. The fourth-order valence-corrected chi connectivity index (χ4v) is 5.07. The topological polar surface area (TPSA) is 135 Å². The maximum atomic E-state index is 15.1. The highest BCUT2D eigenvalue weighted by molar-refractivity contribution is 6.22. The van der Waals surface area contributed by atoms with E-state index >= 15 is 4.39 Å². The van der Waals surface area contributed by atoms with Gasteiger partial charge in [-0.1, -0.05) is 26.0 Å². The number of hydrogen-bond acceptors (Lipinski definition) is 6. The molecule has 2 aromatic heterocycles. The number of benzene rings is 3. The van der Waals surface area contributed by atoms with E-state index < -0.39 is 35.4 Å². The molecule has 1 aliphatic heterocycles. The summed E-state index contributed by atoms with van der Waals surface area (Å²) in [5, 5.41) is 7.24. The molecule has 43 heavy (non-hydrogen) atoms. The first-order chi connectivity index (χ1) is 20.5. The number of para-hydroxylation sites is 1. The van der Waals surface area contributed by atoms with Crippen LogP contribution in [0.25, 0.3) is 16.6 Å². The first-order valence-corrected chi connectivity index (χ1v) is 13.4. The van der Waals surface area contributed by atoms with Gasteiger partial charge in [-0.3, -0.25) is 9.59 Å². The second-order valence-electron chi connectivity index (χ2n) is 10.6. The summed E-state index contributed by atoms with van der Waals surface area (Å²) in [6.07, 6.45) is 1.33. The minimum Gasteiger partial charge on any atom is -0.454 e. The zero-order chi connectivity index (χ0) is 30.6. The van der Waals surface area contributed by atoms with Gasteiger partial charge in [-0.2, -0.15) is 5.10 Å². The first kappa shape index (κ1) is 27.6. The van der Waals surface area contributed by atoms with Crippen LogP contribution in [0.4, 0.5) is 25.1 Å². The monoisotopic (exact) mass is 584 g/mol. The average molecular weight is 585 g/mol. The van der Waals surface area contributed by atoms with Crippen molar-refractivity contribution < 1.29 is 27.9 Å². The lowest BCUT2D eigenvalue weighted by Gasteiger charge is -2.15. The number of ketones is 1. The Balaban J connectivity index is 1.28. The molecule has 3 heterocycles. The number of imide groups is 1. The van der Waals surface area contributed by atoms with Gasteiger partial charge in [0.2, 0.25) is 5.78 Å². The van der Waals surface area contributed by atoms with Crippen LogP contribution in [0.1, 0.15) is 35.5 Å². The number of H-pyrrole nitrogens is 1. The molecular formula is C31H26F2N6O4. The maximum Gasteiger partial charge on any atom is 0.329 e. The van der Waals surface area contributed by atoms with Crippen LogP contribution in [0.3, 0.4) is 0 Å². The van der Waals surface area contributed by atoms with Crippen molar-refractivity contribution in [3.8, 4) is 17.2 Å². The number of nitrogens with one attached hydrogen (secondary N) is 2. The molecule has 0 saturated carbocycles. The summed E-state index contributed by atoms with van der Waals surface area (Å²) in [6, 6.07) is 13.5. The third-order valence-corrected chi connectivity index (χ3v) is 7.32. The SMILES string of the molecule is Cc1cc(Oc2ccccc2F)ccc1-n1ncc(C(=O)c2cc3cc(F)c(N4C(=O)NC(C(C)C)C4=O)cc3[nH]2)c1N. The van der Waals surface area contributed by atoms with Crippen LogP contribution >= 0.6 is 0 Å². The van der Waals surface area contributed by atoms with Crippen LogP contribution in [0, 0.1) is 24.5 Å². The van der Waals surface area contributed by atoms with Crippen LogP contribution in [0.15, 0.2) is 66.9 Å². The lowest BCUT2D eigenvalue weighted by Crippen LogP contribution is -2.34. The molecule has 5 aromatic rings. The number of aromatic nitrogens is 3. The molecular weight excluding hydrogens is 558 g/mol. The van der Waals surface area contributed by atoms with Gasteiger partial charge < -0.3 is 20.8 Å². The Labute approximate surface area is 244 Å². The largest absolute Gasteiger partial charge is 0.454 e. The van der Waals surface area contributed by atoms with Crippen LogP contribution in [0.2, 0.25) is 0 Å². The molecule has 10 nitrogen and oxygen atoms in total. The number of fused-ring (bicyclic) bond motifs is 1. The number of nitrogens with two attached hydrogens (primary N) is 1. The van der Waals surface area contributed by atoms with Crippen molar-refractivity contribution >= 4 is 40.1 Å². The number of urea groups is 1. The van der Waals surface area contributed by atoms with Crippen LogP contribution in [0.5, 0.6) is 11.5 Å². The summed E-state index contributed by atoms with van der Waals surface area (Å²) in [5.74, 6) is -1.94. The molecule has 1 aliphatic rings. The van der Waals surface area contributed by atoms with E-state index in [1.54, 1.807) is 51.1 Å². The predicted molar refractivity (Wildman–Crippen MR) is 156 cm³/mol. The summed E-state index contributed by atoms with van der Waals surface area (Å²) < 4.78 is 36.2. The Kier molecular flexibility index (Phi) is 6.68. The highest BCUT2D eigenvalue weighted by Gasteiger charge is 2.41. The number of halogens is 2. The minimum atomic E-state index is -0.788. The number of carbonyl (C=O) groups is 3. The number of hydrogen-bond donors (Lipinski definition) is 3. The smallest absolute Gasteiger partial charge is 0.329 e. The van der Waals surface area contributed by atoms with E-state index in [9.17, 15) is 18.8 Å². The van der Waals surface area contributed by atoms with Crippen LogP contribution in [-0.4, -0.2) is 38.5 Å². The maximum absolute atomic E-state index is 15.1. The second kappa shape index (κ2) is 10.4. The standard InChI is InChI=1S/C31H26F2N6O4/c1-15(2)27-30(41)38(31(42)37-27)25-13-22-17(11-21(25)33)12-23(36-22)28(40)19-14-35-39(29(19)34)24-9-8-18(10-16(24)3)43-26-7-5-4-6-20(26)32/h4-15,27,36H,34H2,1-3H3,(H,37,42). The number of anilines is 2. The Morgan fingerprint density at radius 1 is 1.02 bits per heavy atom. The molecule has 3 amide bonds. The van der Waals surface area contributed by atoms with Gasteiger partial charge in [0.15, 0.2) is 11.6 Å². The number of aryl methyl sites for hydroxylation is 1. The normalized spacial score (nSPS) is 15.0. The lowest BCUT2D eigenvalue weighted by atomic mass is 10.0. The van der Waals surface area contributed by atoms with Crippen molar-refractivity contribution in [1.82, 2.24) is 20.1 Å². The Hall–Kier alpha value is -5.52. The third-order valence-electron chi connectivity index (χ3n) is 7.32. The highest BCUT2D eigenvalue weighted by Crippen LogP contribution is 2.32. The van der Waals surface area contributed by atoms with Gasteiger partial charge in [-0.05, 0) is 66.9 Å². The van der Waals surface area contributed by atoms with Crippen molar-refractivity contribution in [1.29, 1.82) is 0 Å². The van der Waals surface area contributed by atoms with E-state index in [0.717, 1.165) is 11.0 Å². The van der Waals surface area contributed by atoms with Crippen molar-refractivity contribution in [2.75, 3.05) is 10.6 Å². The zero-order valence-corrected chi connectivity index (χ0v) is 23.3. The van der Waals surface area contributed by atoms with Gasteiger partial charge in [0, 0.05) is 10.9 Å². The Morgan fingerprint density at radius 2 is 1.79 bits per heavy atom. The fourth-order valence-electron chi connectivity index (χ4n) is 5.07. The summed E-state index contributed by atoms with van der Waals surface area (Å²) in [6.45, 7) is 5.36. The van der Waals surface area contributed by atoms with E-state index in [2.05, 4.69) is 15.4 Å². The lowest BCUT2D eigenvalue weighted by molar-refractivity contribution is -0.119. The molecule has 0 radical (unpaired) electrons. The van der Waals surface area contributed by atoms with Gasteiger partial charge in [0.1, 0.15) is 23.4 Å². The van der Waals surface area contributed by atoms with E-state index in [1.165, 1.54) is 35.1 Å². The van der Waals surface area contributed by atoms with Crippen LogP contribution < -0.4 is 20.7 Å². The molecule has 1 fully saturated rings. The molecule has 12 heteroatoms.